The highest BCUT2D eigenvalue weighted by Crippen LogP contribution is 2.40. The summed E-state index contributed by atoms with van der Waals surface area (Å²) in [4.78, 5) is 26.6. The van der Waals surface area contributed by atoms with Crippen molar-refractivity contribution in [3.8, 4) is 11.5 Å². The van der Waals surface area contributed by atoms with Crippen molar-refractivity contribution < 1.29 is 19.2 Å². The molecule has 28 heavy (non-hydrogen) atoms. The minimum Gasteiger partial charge on any atom is -0.493 e. The molecule has 0 spiro atoms. The zero-order valence-electron chi connectivity index (χ0n) is 17.0. The van der Waals surface area contributed by atoms with Crippen LogP contribution in [-0.2, 0) is 0 Å². The zero-order chi connectivity index (χ0) is 20.3. The molecular formula is C21H30N2O5. The minimum absolute atomic E-state index is 0.0961. The topological polar surface area (TPSA) is 81.9 Å². The van der Waals surface area contributed by atoms with Gasteiger partial charge in [-0.3, -0.25) is 14.9 Å². The Morgan fingerprint density at radius 3 is 2.18 bits per heavy atom. The maximum absolute atomic E-state index is 13.5. The average molecular weight is 390 g/mol. The summed E-state index contributed by atoms with van der Waals surface area (Å²) in [5.74, 6) is 1.11. The molecule has 0 heterocycles. The standard InChI is InChI=1S/C21H30N2O5/c1-4-14-6-8-15(9-7-14)22(16-10-11-16)21(24)17-12-20(28-5-2)19(27-3)13-18(17)23(25)26/h12-16H,4-11H2,1-3H3. The van der Waals surface area contributed by atoms with Crippen LogP contribution in [0, 0.1) is 16.0 Å². The molecule has 2 aliphatic rings. The zero-order valence-corrected chi connectivity index (χ0v) is 17.0. The summed E-state index contributed by atoms with van der Waals surface area (Å²) < 4.78 is 10.8. The Hall–Kier alpha value is -2.31. The van der Waals surface area contributed by atoms with Crippen molar-refractivity contribution in [3.05, 3.63) is 27.8 Å². The lowest BCUT2D eigenvalue weighted by atomic mass is 9.83. The van der Waals surface area contributed by atoms with Gasteiger partial charge in [-0.15, -0.1) is 0 Å². The number of amides is 1. The van der Waals surface area contributed by atoms with E-state index >= 15 is 0 Å². The molecule has 7 nitrogen and oxygen atoms in total. The third-order valence-corrected chi connectivity index (χ3v) is 5.97. The Labute approximate surface area is 166 Å². The second kappa shape index (κ2) is 8.80. The number of hydrogen-bond acceptors (Lipinski definition) is 5. The van der Waals surface area contributed by atoms with Crippen LogP contribution in [0.15, 0.2) is 12.1 Å². The maximum Gasteiger partial charge on any atom is 0.286 e. The summed E-state index contributed by atoms with van der Waals surface area (Å²) in [6.45, 7) is 4.42. The number of carbonyl (C=O) groups is 1. The lowest BCUT2D eigenvalue weighted by molar-refractivity contribution is -0.385. The first-order valence-corrected chi connectivity index (χ1v) is 10.3. The van der Waals surface area contributed by atoms with Gasteiger partial charge in [-0.1, -0.05) is 13.3 Å². The number of nitro benzene ring substituents is 1. The molecule has 2 aliphatic carbocycles. The monoisotopic (exact) mass is 390 g/mol. The summed E-state index contributed by atoms with van der Waals surface area (Å²) in [6.07, 6.45) is 7.31. The lowest BCUT2D eigenvalue weighted by Gasteiger charge is -2.37. The smallest absolute Gasteiger partial charge is 0.286 e. The van der Waals surface area contributed by atoms with E-state index in [1.165, 1.54) is 25.7 Å². The number of rotatable bonds is 8. The van der Waals surface area contributed by atoms with Gasteiger partial charge in [0.1, 0.15) is 5.56 Å². The van der Waals surface area contributed by atoms with E-state index in [0.717, 1.165) is 44.4 Å². The van der Waals surface area contributed by atoms with E-state index in [-0.39, 0.29) is 35.0 Å². The SMILES string of the molecule is CCOc1cc(C(=O)N(C2CCC(CC)CC2)C2CC2)c([N+](=O)[O-])cc1OC. The van der Waals surface area contributed by atoms with Gasteiger partial charge in [-0.05, 0) is 51.4 Å². The molecule has 0 radical (unpaired) electrons. The van der Waals surface area contributed by atoms with Crippen LogP contribution in [0.1, 0.15) is 69.2 Å². The fraction of sp³-hybridized carbons (Fsp3) is 0.667. The molecule has 1 aromatic rings. The second-order valence-electron chi connectivity index (χ2n) is 7.74. The van der Waals surface area contributed by atoms with Crippen molar-refractivity contribution in [2.24, 2.45) is 5.92 Å². The fourth-order valence-electron chi connectivity index (χ4n) is 4.25. The highest BCUT2D eigenvalue weighted by molar-refractivity contribution is 5.99. The van der Waals surface area contributed by atoms with Gasteiger partial charge in [-0.25, -0.2) is 0 Å². The van der Waals surface area contributed by atoms with Crippen molar-refractivity contribution in [2.45, 2.75) is 70.9 Å². The molecule has 1 aromatic carbocycles. The van der Waals surface area contributed by atoms with Gasteiger partial charge in [0.25, 0.3) is 11.6 Å². The summed E-state index contributed by atoms with van der Waals surface area (Å²) in [5.41, 5.74) is -0.128. The first-order valence-electron chi connectivity index (χ1n) is 10.3. The van der Waals surface area contributed by atoms with Gasteiger partial charge in [-0.2, -0.15) is 0 Å². The van der Waals surface area contributed by atoms with Gasteiger partial charge >= 0.3 is 0 Å². The quantitative estimate of drug-likeness (QED) is 0.479. The van der Waals surface area contributed by atoms with E-state index in [4.69, 9.17) is 9.47 Å². The predicted octanol–water partition coefficient (Wildman–Crippen LogP) is 4.58. The largest absolute Gasteiger partial charge is 0.493 e. The minimum atomic E-state index is -0.509. The van der Waals surface area contributed by atoms with Gasteiger partial charge < -0.3 is 14.4 Å². The fourth-order valence-corrected chi connectivity index (χ4v) is 4.25. The third-order valence-electron chi connectivity index (χ3n) is 5.97. The Bertz CT molecular complexity index is 724. The van der Waals surface area contributed by atoms with E-state index in [0.29, 0.717) is 12.4 Å². The number of benzene rings is 1. The van der Waals surface area contributed by atoms with Crippen LogP contribution in [0.4, 0.5) is 5.69 Å². The van der Waals surface area contributed by atoms with Gasteiger partial charge in [0.2, 0.25) is 0 Å². The summed E-state index contributed by atoms with van der Waals surface area (Å²) in [7, 11) is 1.44. The summed E-state index contributed by atoms with van der Waals surface area (Å²) >= 11 is 0. The van der Waals surface area contributed by atoms with Crippen LogP contribution in [0.2, 0.25) is 0 Å². The van der Waals surface area contributed by atoms with Crippen molar-refractivity contribution in [3.63, 3.8) is 0 Å². The number of nitro groups is 1. The molecule has 154 valence electrons. The maximum atomic E-state index is 13.5. The lowest BCUT2D eigenvalue weighted by Crippen LogP contribution is -2.44. The van der Waals surface area contributed by atoms with Crippen LogP contribution in [0.25, 0.3) is 0 Å². The van der Waals surface area contributed by atoms with Crippen LogP contribution < -0.4 is 9.47 Å². The van der Waals surface area contributed by atoms with Crippen LogP contribution in [0.5, 0.6) is 11.5 Å². The molecule has 0 atom stereocenters. The van der Waals surface area contributed by atoms with E-state index < -0.39 is 4.92 Å². The average Bonchev–Trinajstić information content (AvgIpc) is 3.53. The number of ether oxygens (including phenoxy) is 2. The second-order valence-corrected chi connectivity index (χ2v) is 7.74. The predicted molar refractivity (Wildman–Crippen MR) is 106 cm³/mol. The molecule has 0 N–H and O–H groups in total. The third kappa shape index (κ3) is 4.23. The Morgan fingerprint density at radius 1 is 1.11 bits per heavy atom. The molecule has 7 heteroatoms. The van der Waals surface area contributed by atoms with Crippen LogP contribution in [-0.4, -0.2) is 41.5 Å². The Morgan fingerprint density at radius 2 is 1.71 bits per heavy atom. The van der Waals surface area contributed by atoms with Crippen molar-refractivity contribution in [2.75, 3.05) is 13.7 Å². The molecular weight excluding hydrogens is 360 g/mol. The highest BCUT2D eigenvalue weighted by Gasteiger charge is 2.41. The molecule has 2 saturated carbocycles. The van der Waals surface area contributed by atoms with Crippen molar-refractivity contribution in [1.29, 1.82) is 0 Å². The number of nitrogens with zero attached hydrogens (tertiary/aromatic N) is 2. The first-order chi connectivity index (χ1) is 13.5. The van der Waals surface area contributed by atoms with Crippen molar-refractivity contribution in [1.82, 2.24) is 4.90 Å². The first kappa shape index (κ1) is 20.4. The highest BCUT2D eigenvalue weighted by atomic mass is 16.6. The molecule has 0 aromatic heterocycles. The van der Waals surface area contributed by atoms with Crippen LogP contribution >= 0.6 is 0 Å². The van der Waals surface area contributed by atoms with E-state index in [1.807, 2.05) is 11.8 Å². The van der Waals surface area contributed by atoms with E-state index in [1.54, 1.807) is 0 Å². The Balaban J connectivity index is 1.94. The van der Waals surface area contributed by atoms with Crippen molar-refractivity contribution >= 4 is 11.6 Å². The summed E-state index contributed by atoms with van der Waals surface area (Å²) in [6, 6.07) is 3.15. The van der Waals surface area contributed by atoms with E-state index in [9.17, 15) is 14.9 Å². The summed E-state index contributed by atoms with van der Waals surface area (Å²) in [5, 5.41) is 11.7. The normalized spacial score (nSPS) is 21.8. The molecule has 0 bridgehead atoms. The molecule has 0 unspecified atom stereocenters. The van der Waals surface area contributed by atoms with Gasteiger partial charge in [0, 0.05) is 18.2 Å². The number of hydrogen-bond donors (Lipinski definition) is 0. The molecule has 0 saturated heterocycles. The van der Waals surface area contributed by atoms with Gasteiger partial charge in [0.15, 0.2) is 11.5 Å². The molecule has 0 aliphatic heterocycles. The van der Waals surface area contributed by atoms with Gasteiger partial charge in [0.05, 0.1) is 24.7 Å². The molecule has 1 amide bonds. The molecule has 2 fully saturated rings. The number of carbonyl (C=O) groups excluding carboxylic acids is 1. The Kier molecular flexibility index (Phi) is 6.42. The van der Waals surface area contributed by atoms with E-state index in [2.05, 4.69) is 6.92 Å². The molecule has 3 rings (SSSR count). The van der Waals surface area contributed by atoms with Crippen LogP contribution in [0.3, 0.4) is 0 Å². The number of methoxy groups -OCH3 is 1.